The summed E-state index contributed by atoms with van der Waals surface area (Å²) in [5.74, 6) is 0.400. The number of nitrogens with zero attached hydrogens (tertiary/aromatic N) is 2. The minimum atomic E-state index is -0.543. The zero-order valence-electron chi connectivity index (χ0n) is 18.5. The van der Waals surface area contributed by atoms with Crippen LogP contribution < -0.4 is 5.32 Å². The van der Waals surface area contributed by atoms with Crippen LogP contribution >= 0.6 is 11.6 Å². The molecule has 1 aromatic heterocycles. The highest BCUT2D eigenvalue weighted by atomic mass is 35.5. The van der Waals surface area contributed by atoms with Gasteiger partial charge in [0.15, 0.2) is 0 Å². The number of anilines is 1. The molecular formula is C26H26ClN3O3. The number of carbonyl (C=O) groups is 2. The Kier molecular flexibility index (Phi) is 6.84. The molecular weight excluding hydrogens is 438 g/mol. The lowest BCUT2D eigenvalue weighted by Gasteiger charge is -2.42. The number of amides is 2. The van der Waals surface area contributed by atoms with Crippen molar-refractivity contribution in [2.24, 2.45) is 0 Å². The van der Waals surface area contributed by atoms with Gasteiger partial charge in [0.05, 0.1) is 12.8 Å². The van der Waals surface area contributed by atoms with Gasteiger partial charge in [-0.25, -0.2) is 0 Å². The molecule has 1 saturated heterocycles. The Morgan fingerprint density at radius 2 is 1.91 bits per heavy atom. The number of nitrogens with one attached hydrogen (secondary N) is 1. The monoisotopic (exact) mass is 463 g/mol. The molecule has 1 unspecified atom stereocenters. The molecule has 0 radical (unpaired) electrons. The van der Waals surface area contributed by atoms with E-state index in [-0.39, 0.29) is 18.4 Å². The minimum absolute atomic E-state index is 0.116. The lowest BCUT2D eigenvalue weighted by molar-refractivity contribution is -0.122. The number of hydrogen-bond donors (Lipinski definition) is 1. The predicted molar refractivity (Wildman–Crippen MR) is 130 cm³/mol. The van der Waals surface area contributed by atoms with E-state index in [1.165, 1.54) is 0 Å². The third-order valence-corrected chi connectivity index (χ3v) is 6.06. The van der Waals surface area contributed by atoms with Gasteiger partial charge in [0.25, 0.3) is 5.91 Å². The Hall–Kier alpha value is -3.51. The second-order valence-corrected chi connectivity index (χ2v) is 8.37. The molecule has 0 spiro atoms. The topological polar surface area (TPSA) is 65.8 Å². The van der Waals surface area contributed by atoms with Crippen molar-refractivity contribution in [2.45, 2.75) is 19.4 Å². The van der Waals surface area contributed by atoms with E-state index >= 15 is 0 Å². The maximum Gasteiger partial charge on any atom is 0.254 e. The van der Waals surface area contributed by atoms with Gasteiger partial charge < -0.3 is 19.5 Å². The third-order valence-electron chi connectivity index (χ3n) is 5.81. The maximum absolute atomic E-state index is 13.3. The van der Waals surface area contributed by atoms with Crippen LogP contribution in [0.3, 0.4) is 0 Å². The summed E-state index contributed by atoms with van der Waals surface area (Å²) >= 11 is 5.95. The molecule has 1 aliphatic heterocycles. The largest absolute Gasteiger partial charge is 0.464 e. The summed E-state index contributed by atoms with van der Waals surface area (Å²) in [5.41, 5.74) is 2.92. The van der Waals surface area contributed by atoms with Gasteiger partial charge in [0.2, 0.25) is 5.91 Å². The number of carbonyl (C=O) groups excluding carboxylic acids is 2. The SMILES string of the molecule is C=C(CC)N1CCN(C(=O)c2cccc(-c3ccco3)c2)CC1C(=O)Nc1ccc(Cl)cc1. The van der Waals surface area contributed by atoms with E-state index in [0.717, 1.165) is 17.7 Å². The van der Waals surface area contributed by atoms with Gasteiger partial charge in [-0.3, -0.25) is 9.59 Å². The first-order valence-corrected chi connectivity index (χ1v) is 11.3. The Balaban J connectivity index is 1.54. The Morgan fingerprint density at radius 1 is 1.12 bits per heavy atom. The summed E-state index contributed by atoms with van der Waals surface area (Å²) in [6.45, 7) is 7.45. The second kappa shape index (κ2) is 9.96. The fourth-order valence-electron chi connectivity index (χ4n) is 3.96. The van der Waals surface area contributed by atoms with Gasteiger partial charge in [-0.05, 0) is 55.0 Å². The van der Waals surface area contributed by atoms with Crippen molar-refractivity contribution in [2.75, 3.05) is 25.0 Å². The van der Waals surface area contributed by atoms with Crippen LogP contribution in [0, 0.1) is 0 Å². The predicted octanol–water partition coefficient (Wildman–Crippen LogP) is 5.29. The molecule has 4 rings (SSSR count). The van der Waals surface area contributed by atoms with Crippen molar-refractivity contribution in [3.05, 3.63) is 89.8 Å². The minimum Gasteiger partial charge on any atom is -0.464 e. The molecule has 1 atom stereocenters. The summed E-state index contributed by atoms with van der Waals surface area (Å²) in [4.78, 5) is 30.3. The normalized spacial score (nSPS) is 15.9. The van der Waals surface area contributed by atoms with Crippen LogP contribution in [0.1, 0.15) is 23.7 Å². The lowest BCUT2D eigenvalue weighted by Crippen LogP contribution is -2.58. The number of halogens is 1. The summed E-state index contributed by atoms with van der Waals surface area (Å²) < 4.78 is 5.46. The first kappa shape index (κ1) is 22.7. The summed E-state index contributed by atoms with van der Waals surface area (Å²) in [5, 5.41) is 3.54. The molecule has 0 aliphatic carbocycles. The lowest BCUT2D eigenvalue weighted by atomic mass is 10.1. The van der Waals surface area contributed by atoms with Crippen LogP contribution in [-0.2, 0) is 4.79 Å². The molecule has 6 nitrogen and oxygen atoms in total. The number of hydrogen-bond acceptors (Lipinski definition) is 4. The first-order valence-electron chi connectivity index (χ1n) is 10.9. The molecule has 2 amide bonds. The number of benzene rings is 2. The highest BCUT2D eigenvalue weighted by Gasteiger charge is 2.35. The summed E-state index contributed by atoms with van der Waals surface area (Å²) in [7, 11) is 0. The molecule has 1 N–H and O–H groups in total. The molecule has 0 saturated carbocycles. The van der Waals surface area contributed by atoms with Crippen molar-refractivity contribution in [3.8, 4) is 11.3 Å². The van der Waals surface area contributed by atoms with Gasteiger partial charge in [-0.15, -0.1) is 0 Å². The van der Waals surface area contributed by atoms with Crippen molar-refractivity contribution < 1.29 is 14.0 Å². The van der Waals surface area contributed by atoms with Crippen molar-refractivity contribution in [3.63, 3.8) is 0 Å². The number of rotatable bonds is 6. The van der Waals surface area contributed by atoms with E-state index in [2.05, 4.69) is 11.9 Å². The zero-order chi connectivity index (χ0) is 23.4. The van der Waals surface area contributed by atoms with Crippen LogP contribution in [-0.4, -0.2) is 47.3 Å². The van der Waals surface area contributed by atoms with Crippen LogP contribution in [0.5, 0.6) is 0 Å². The van der Waals surface area contributed by atoms with E-state index < -0.39 is 6.04 Å². The van der Waals surface area contributed by atoms with Crippen LogP contribution in [0.2, 0.25) is 5.02 Å². The van der Waals surface area contributed by atoms with Gasteiger partial charge in [-0.1, -0.05) is 37.2 Å². The Bertz CT molecular complexity index is 1140. The van der Waals surface area contributed by atoms with Crippen molar-refractivity contribution >= 4 is 29.1 Å². The Labute approximate surface area is 198 Å². The van der Waals surface area contributed by atoms with E-state index in [1.54, 1.807) is 41.5 Å². The van der Waals surface area contributed by atoms with E-state index in [0.29, 0.717) is 35.1 Å². The van der Waals surface area contributed by atoms with Crippen LogP contribution in [0.4, 0.5) is 5.69 Å². The maximum atomic E-state index is 13.3. The number of piperazine rings is 1. The van der Waals surface area contributed by atoms with Crippen LogP contribution in [0.15, 0.2) is 83.6 Å². The number of furan rings is 1. The van der Waals surface area contributed by atoms with E-state index in [1.807, 2.05) is 42.2 Å². The van der Waals surface area contributed by atoms with E-state index in [9.17, 15) is 9.59 Å². The van der Waals surface area contributed by atoms with Gasteiger partial charge in [0, 0.05) is 40.6 Å². The smallest absolute Gasteiger partial charge is 0.254 e. The quantitative estimate of drug-likeness (QED) is 0.539. The second-order valence-electron chi connectivity index (χ2n) is 7.93. The molecule has 1 aliphatic rings. The highest BCUT2D eigenvalue weighted by Crippen LogP contribution is 2.24. The fraction of sp³-hybridized carbons (Fsp3) is 0.231. The van der Waals surface area contributed by atoms with Crippen molar-refractivity contribution in [1.82, 2.24) is 9.80 Å². The number of allylic oxidation sites excluding steroid dienone is 1. The summed E-state index contributed by atoms with van der Waals surface area (Å²) in [6.07, 6.45) is 2.33. The molecule has 2 aromatic carbocycles. The van der Waals surface area contributed by atoms with Gasteiger partial charge in [0.1, 0.15) is 11.8 Å². The average molecular weight is 464 g/mol. The van der Waals surface area contributed by atoms with E-state index in [4.69, 9.17) is 16.0 Å². The first-order chi connectivity index (χ1) is 16.0. The van der Waals surface area contributed by atoms with Gasteiger partial charge >= 0.3 is 0 Å². The highest BCUT2D eigenvalue weighted by molar-refractivity contribution is 6.30. The molecule has 3 aromatic rings. The fourth-order valence-corrected chi connectivity index (χ4v) is 4.09. The molecule has 0 bridgehead atoms. The van der Waals surface area contributed by atoms with Crippen LogP contribution in [0.25, 0.3) is 11.3 Å². The van der Waals surface area contributed by atoms with Gasteiger partial charge in [-0.2, -0.15) is 0 Å². The third kappa shape index (κ3) is 5.12. The Morgan fingerprint density at radius 3 is 2.61 bits per heavy atom. The molecule has 33 heavy (non-hydrogen) atoms. The molecule has 1 fully saturated rings. The molecule has 2 heterocycles. The zero-order valence-corrected chi connectivity index (χ0v) is 19.2. The average Bonchev–Trinajstić information content (AvgIpc) is 3.39. The molecule has 7 heteroatoms. The summed E-state index contributed by atoms with van der Waals surface area (Å²) in [6, 6.07) is 17.4. The standard InChI is InChI=1S/C26H26ClN3O3/c1-3-18(2)30-14-13-29(17-23(30)25(31)28-22-11-9-21(27)10-12-22)26(32)20-7-4-6-19(16-20)24-8-5-15-33-24/h4-12,15-16,23H,2-3,13-14,17H2,1H3,(H,28,31). The molecule has 170 valence electrons. The van der Waals surface area contributed by atoms with Crippen molar-refractivity contribution in [1.29, 1.82) is 0 Å².